The lowest BCUT2D eigenvalue weighted by Gasteiger charge is -2.02. The SMILES string of the molecule is Cc1nn(-c2nc(O)nc(O)n2)c(/N=N/c2c(C)nn3c(C)n[nH]c23)c1C#N. The van der Waals surface area contributed by atoms with Crippen molar-refractivity contribution in [3.05, 3.63) is 22.8 Å². The number of aryl methyl sites for hydroxylation is 3. The molecule has 0 aliphatic rings. The zero-order valence-corrected chi connectivity index (χ0v) is 14.8. The van der Waals surface area contributed by atoms with Crippen molar-refractivity contribution in [1.29, 1.82) is 5.26 Å². The van der Waals surface area contributed by atoms with Crippen LogP contribution in [0, 0.1) is 32.1 Å². The molecule has 0 saturated heterocycles. The van der Waals surface area contributed by atoms with E-state index in [0.29, 0.717) is 28.5 Å². The van der Waals surface area contributed by atoms with E-state index in [-0.39, 0.29) is 17.3 Å². The molecule has 0 atom stereocenters. The molecule has 3 N–H and O–H groups in total. The van der Waals surface area contributed by atoms with Crippen LogP contribution in [-0.4, -0.2) is 54.8 Å². The van der Waals surface area contributed by atoms with Crippen LogP contribution in [0.15, 0.2) is 10.2 Å². The summed E-state index contributed by atoms with van der Waals surface area (Å²) in [6.45, 7) is 5.13. The topological polar surface area (TPSA) is 191 Å². The third-order valence-corrected chi connectivity index (χ3v) is 3.84. The molecule has 4 rings (SSSR count). The first-order valence-electron chi connectivity index (χ1n) is 7.85. The third kappa shape index (κ3) is 2.58. The van der Waals surface area contributed by atoms with Crippen LogP contribution in [0.5, 0.6) is 12.0 Å². The average Bonchev–Trinajstić information content (AvgIpc) is 3.25. The number of azo groups is 1. The molecule has 0 spiro atoms. The molecule has 140 valence electrons. The molecule has 4 aromatic heterocycles. The van der Waals surface area contributed by atoms with Crippen LogP contribution in [0.3, 0.4) is 0 Å². The minimum Gasteiger partial charge on any atom is -0.479 e. The summed E-state index contributed by atoms with van der Waals surface area (Å²) >= 11 is 0. The summed E-state index contributed by atoms with van der Waals surface area (Å²) in [5.41, 5.74) is 2.03. The van der Waals surface area contributed by atoms with E-state index in [1.807, 2.05) is 6.07 Å². The van der Waals surface area contributed by atoms with Crippen LogP contribution in [0.25, 0.3) is 11.6 Å². The van der Waals surface area contributed by atoms with Crippen LogP contribution < -0.4 is 0 Å². The lowest BCUT2D eigenvalue weighted by atomic mass is 10.3. The molecule has 4 heterocycles. The maximum absolute atomic E-state index is 9.51. The maximum Gasteiger partial charge on any atom is 0.321 e. The van der Waals surface area contributed by atoms with Crippen molar-refractivity contribution in [3.8, 4) is 24.0 Å². The van der Waals surface area contributed by atoms with Crippen LogP contribution >= 0.6 is 0 Å². The number of aromatic hydroxyl groups is 2. The van der Waals surface area contributed by atoms with Crippen LogP contribution in [0.4, 0.5) is 11.5 Å². The van der Waals surface area contributed by atoms with Crippen LogP contribution in [0.1, 0.15) is 22.8 Å². The number of hydrogen-bond donors (Lipinski definition) is 3. The second-order valence-electron chi connectivity index (χ2n) is 5.71. The van der Waals surface area contributed by atoms with E-state index in [1.165, 1.54) is 0 Å². The fourth-order valence-corrected chi connectivity index (χ4v) is 2.57. The molecule has 0 amide bonds. The number of aromatic amines is 1. The van der Waals surface area contributed by atoms with Crippen molar-refractivity contribution in [2.45, 2.75) is 20.8 Å². The summed E-state index contributed by atoms with van der Waals surface area (Å²) in [7, 11) is 0. The molecule has 0 aliphatic heterocycles. The van der Waals surface area contributed by atoms with Gasteiger partial charge in [0.15, 0.2) is 17.2 Å². The van der Waals surface area contributed by atoms with E-state index in [1.54, 1.807) is 25.3 Å². The molecule has 14 heteroatoms. The Bertz CT molecular complexity index is 1270. The van der Waals surface area contributed by atoms with E-state index >= 15 is 0 Å². The summed E-state index contributed by atoms with van der Waals surface area (Å²) in [5.74, 6) is 0.437. The van der Waals surface area contributed by atoms with Gasteiger partial charge in [0.25, 0.3) is 5.95 Å². The van der Waals surface area contributed by atoms with Crippen molar-refractivity contribution >= 4 is 17.2 Å². The molecule has 0 unspecified atom stereocenters. The molecule has 0 aromatic carbocycles. The molecular weight excluding hydrogens is 368 g/mol. The Balaban J connectivity index is 1.88. The van der Waals surface area contributed by atoms with Gasteiger partial charge in [-0.3, -0.25) is 5.10 Å². The number of fused-ring (bicyclic) bond motifs is 1. The summed E-state index contributed by atoms with van der Waals surface area (Å²) in [6.07, 6.45) is 0. The maximum atomic E-state index is 9.51. The normalized spacial score (nSPS) is 11.5. The average molecular weight is 380 g/mol. The zero-order valence-electron chi connectivity index (χ0n) is 14.8. The standard InChI is InChI=1S/C14H12N12O2/c1-5-8(4-15)10(26(23-5)12-16-13(27)18-14(28)17-12)21-20-9-6(2)24-25-7(3)19-22-11(9)25/h22H,1-3H3,(H2,16,17,18,27,28)/b21-20+. The van der Waals surface area contributed by atoms with E-state index in [4.69, 9.17) is 0 Å². The highest BCUT2D eigenvalue weighted by atomic mass is 16.3. The van der Waals surface area contributed by atoms with Crippen LogP contribution in [-0.2, 0) is 0 Å². The number of nitriles is 1. The van der Waals surface area contributed by atoms with Gasteiger partial charge in [-0.05, 0) is 20.8 Å². The number of aromatic nitrogens is 9. The van der Waals surface area contributed by atoms with Crippen molar-refractivity contribution in [2.24, 2.45) is 10.2 Å². The van der Waals surface area contributed by atoms with Gasteiger partial charge in [0.2, 0.25) is 0 Å². The lowest BCUT2D eigenvalue weighted by molar-refractivity contribution is 0.379. The van der Waals surface area contributed by atoms with Gasteiger partial charge in [0.1, 0.15) is 17.5 Å². The Labute approximate surface area is 155 Å². The first-order chi connectivity index (χ1) is 13.4. The molecule has 0 fully saturated rings. The summed E-state index contributed by atoms with van der Waals surface area (Å²) < 4.78 is 2.66. The summed E-state index contributed by atoms with van der Waals surface area (Å²) in [6, 6.07) is 0.577. The minimum atomic E-state index is -0.709. The Morgan fingerprint density at radius 2 is 1.71 bits per heavy atom. The first kappa shape index (κ1) is 17.0. The number of H-pyrrole nitrogens is 1. The highest BCUT2D eigenvalue weighted by molar-refractivity contribution is 5.66. The van der Waals surface area contributed by atoms with Crippen molar-refractivity contribution in [3.63, 3.8) is 0 Å². The molecule has 4 aromatic rings. The Morgan fingerprint density at radius 3 is 2.39 bits per heavy atom. The summed E-state index contributed by atoms with van der Waals surface area (Å²) in [5, 5.41) is 52.2. The zero-order chi connectivity index (χ0) is 20.0. The molecule has 28 heavy (non-hydrogen) atoms. The fourth-order valence-electron chi connectivity index (χ4n) is 2.57. The molecule has 0 saturated carbocycles. The van der Waals surface area contributed by atoms with Gasteiger partial charge in [0, 0.05) is 0 Å². The number of nitrogens with zero attached hydrogens (tertiary/aromatic N) is 11. The molecular formula is C14H12N12O2. The second kappa shape index (κ2) is 6.09. The molecule has 14 nitrogen and oxygen atoms in total. The van der Waals surface area contributed by atoms with Crippen molar-refractivity contribution in [2.75, 3.05) is 0 Å². The number of nitrogens with one attached hydrogen (secondary N) is 1. The van der Waals surface area contributed by atoms with Gasteiger partial charge in [0.05, 0.1) is 11.4 Å². The van der Waals surface area contributed by atoms with E-state index in [0.717, 1.165) is 4.68 Å². The Kier molecular flexibility index (Phi) is 3.70. The molecule has 0 aliphatic carbocycles. The van der Waals surface area contributed by atoms with Gasteiger partial charge in [-0.25, -0.2) is 0 Å². The fraction of sp³-hybridized carbons (Fsp3) is 0.214. The van der Waals surface area contributed by atoms with E-state index in [2.05, 4.69) is 45.6 Å². The van der Waals surface area contributed by atoms with Gasteiger partial charge >= 0.3 is 12.0 Å². The van der Waals surface area contributed by atoms with Crippen LogP contribution in [0.2, 0.25) is 0 Å². The summed E-state index contributed by atoms with van der Waals surface area (Å²) in [4.78, 5) is 10.7. The number of rotatable bonds is 3. The van der Waals surface area contributed by atoms with Gasteiger partial charge in [-0.15, -0.1) is 15.2 Å². The predicted octanol–water partition coefficient (Wildman–Crippen LogP) is 1.05. The first-order valence-corrected chi connectivity index (χ1v) is 7.85. The van der Waals surface area contributed by atoms with Crippen molar-refractivity contribution < 1.29 is 10.2 Å². The molecule has 0 radical (unpaired) electrons. The minimum absolute atomic E-state index is 0.0139. The van der Waals surface area contributed by atoms with E-state index in [9.17, 15) is 15.5 Å². The Morgan fingerprint density at radius 1 is 1.00 bits per heavy atom. The number of hydrogen-bond acceptors (Lipinski definition) is 11. The monoisotopic (exact) mass is 380 g/mol. The lowest BCUT2D eigenvalue weighted by Crippen LogP contribution is -2.03. The Hall–Kier alpha value is -4.41. The predicted molar refractivity (Wildman–Crippen MR) is 90.7 cm³/mol. The molecule has 0 bridgehead atoms. The quantitative estimate of drug-likeness (QED) is 0.436. The van der Waals surface area contributed by atoms with Crippen molar-refractivity contribution in [1.82, 2.24) is 44.5 Å². The highest BCUT2D eigenvalue weighted by Gasteiger charge is 2.20. The smallest absolute Gasteiger partial charge is 0.321 e. The largest absolute Gasteiger partial charge is 0.479 e. The second-order valence-corrected chi connectivity index (χ2v) is 5.71. The van der Waals surface area contributed by atoms with Gasteiger partial charge < -0.3 is 10.2 Å². The van der Waals surface area contributed by atoms with Gasteiger partial charge in [-0.1, -0.05) is 0 Å². The van der Waals surface area contributed by atoms with Gasteiger partial charge in [-0.2, -0.15) is 39.7 Å². The third-order valence-electron chi connectivity index (χ3n) is 3.84. The van der Waals surface area contributed by atoms with E-state index < -0.39 is 12.0 Å². The highest BCUT2D eigenvalue weighted by Crippen LogP contribution is 2.30.